The van der Waals surface area contributed by atoms with Crippen LogP contribution in [0.3, 0.4) is 0 Å². The van der Waals surface area contributed by atoms with Gasteiger partial charge in [0.15, 0.2) is 11.8 Å². The van der Waals surface area contributed by atoms with Gasteiger partial charge in [0.1, 0.15) is 18.2 Å². The minimum absolute atomic E-state index is 0. The van der Waals surface area contributed by atoms with Crippen molar-refractivity contribution in [3.63, 3.8) is 0 Å². The van der Waals surface area contributed by atoms with Gasteiger partial charge in [0.05, 0.1) is 7.05 Å². The van der Waals surface area contributed by atoms with Crippen molar-refractivity contribution in [2.24, 2.45) is 4.99 Å². The molecule has 7 nitrogen and oxygen atoms in total. The molecule has 0 aromatic carbocycles. The predicted octanol–water partition coefficient (Wildman–Crippen LogP) is -2.95. The summed E-state index contributed by atoms with van der Waals surface area (Å²) in [5.41, 5.74) is -0.785. The molecule has 0 radical (unpaired) electrons. The molecule has 0 saturated heterocycles. The van der Waals surface area contributed by atoms with Gasteiger partial charge < -0.3 is 0 Å². The molecule has 0 fully saturated rings. The monoisotopic (exact) mass is 245 g/mol. The molecule has 1 aliphatic heterocycles. The summed E-state index contributed by atoms with van der Waals surface area (Å²) in [5, 5.41) is 44.6. The third-order valence-electron chi connectivity index (χ3n) is 2.35. The van der Waals surface area contributed by atoms with Gasteiger partial charge in [-0.15, -0.1) is 5.26 Å². The Morgan fingerprint density at radius 2 is 1.67 bits per heavy atom. The van der Waals surface area contributed by atoms with Crippen LogP contribution in [0.25, 0.3) is 0 Å². The topological polar surface area (TPSA) is 131 Å². The van der Waals surface area contributed by atoms with Crippen molar-refractivity contribution in [3.8, 4) is 30.5 Å². The smallest absolute Gasteiger partial charge is 0.217 e. The quantitative estimate of drug-likeness (QED) is 0.255. The largest absolute Gasteiger partial charge is 1.00 e. The SMILES string of the molecule is C[N+]1(C#N)C(C#N)=C(C#N)N=C(C#N)C1C#N.[Na+]. The van der Waals surface area contributed by atoms with Gasteiger partial charge >= 0.3 is 35.8 Å². The van der Waals surface area contributed by atoms with Crippen LogP contribution in [0.4, 0.5) is 0 Å². The normalized spacial score (nSPS) is 25.1. The second kappa shape index (κ2) is 5.95. The molecule has 0 bridgehead atoms. The zero-order valence-corrected chi connectivity index (χ0v) is 11.7. The van der Waals surface area contributed by atoms with Crippen molar-refractivity contribution in [2.45, 2.75) is 6.04 Å². The second-order valence-corrected chi connectivity index (χ2v) is 3.24. The predicted molar refractivity (Wildman–Crippen MR) is 52.5 cm³/mol. The first-order valence-corrected chi connectivity index (χ1v) is 4.30. The summed E-state index contributed by atoms with van der Waals surface area (Å²) in [6, 6.07) is 5.57. The molecule has 1 heterocycles. The molecular formula is C10H4N7Na+2. The summed E-state index contributed by atoms with van der Waals surface area (Å²) in [5.74, 6) is 0. The second-order valence-electron chi connectivity index (χ2n) is 3.24. The Bertz CT molecular complexity index is 640. The van der Waals surface area contributed by atoms with Gasteiger partial charge in [-0.25, -0.2) is 4.99 Å². The Balaban J connectivity index is 0.00000289. The summed E-state index contributed by atoms with van der Waals surface area (Å²) in [4.78, 5) is 3.63. The van der Waals surface area contributed by atoms with Crippen molar-refractivity contribution in [1.82, 2.24) is 0 Å². The van der Waals surface area contributed by atoms with Gasteiger partial charge in [0.2, 0.25) is 11.7 Å². The first kappa shape index (κ1) is 15.8. The summed E-state index contributed by atoms with van der Waals surface area (Å²) < 4.78 is -0.776. The van der Waals surface area contributed by atoms with E-state index in [1.807, 2.05) is 0 Å². The van der Waals surface area contributed by atoms with Crippen LogP contribution in [0, 0.1) is 56.8 Å². The molecule has 1 aliphatic rings. The Hall–Kier alpha value is -2.18. The van der Waals surface area contributed by atoms with E-state index in [1.54, 1.807) is 30.5 Å². The van der Waals surface area contributed by atoms with E-state index < -0.39 is 10.5 Å². The zero-order valence-electron chi connectivity index (χ0n) is 9.71. The molecule has 0 saturated carbocycles. The molecule has 2 unspecified atom stereocenters. The maximum Gasteiger partial charge on any atom is 1.00 e. The molecule has 78 valence electrons. The number of aliphatic imine (C=N–C) groups is 1. The van der Waals surface area contributed by atoms with Crippen LogP contribution in [-0.4, -0.2) is 23.3 Å². The van der Waals surface area contributed by atoms with Crippen molar-refractivity contribution < 1.29 is 34.0 Å². The van der Waals surface area contributed by atoms with Crippen LogP contribution in [0.1, 0.15) is 0 Å². The van der Waals surface area contributed by atoms with E-state index in [0.717, 1.165) is 0 Å². The third kappa shape index (κ3) is 2.11. The Kier molecular flexibility index (Phi) is 5.23. The van der Waals surface area contributed by atoms with Crippen molar-refractivity contribution >= 4 is 5.71 Å². The molecule has 0 amide bonds. The van der Waals surface area contributed by atoms with E-state index in [9.17, 15) is 0 Å². The number of nitriles is 5. The van der Waals surface area contributed by atoms with Gasteiger partial charge in [-0.3, -0.25) is 0 Å². The Labute approximate surface area is 126 Å². The average Bonchev–Trinajstić information content (AvgIpc) is 2.36. The van der Waals surface area contributed by atoms with Gasteiger partial charge in [0, 0.05) is 0 Å². The summed E-state index contributed by atoms with van der Waals surface area (Å²) in [6.07, 6.45) is 1.76. The summed E-state index contributed by atoms with van der Waals surface area (Å²) >= 11 is 0. The van der Waals surface area contributed by atoms with E-state index in [1.165, 1.54) is 7.05 Å². The van der Waals surface area contributed by atoms with Crippen LogP contribution in [0.2, 0.25) is 0 Å². The van der Waals surface area contributed by atoms with Crippen LogP contribution in [0.5, 0.6) is 0 Å². The van der Waals surface area contributed by atoms with Gasteiger partial charge in [-0.05, 0) is 0 Å². The van der Waals surface area contributed by atoms with Gasteiger partial charge in [-0.1, -0.05) is 0 Å². The molecular weight excluding hydrogens is 241 g/mol. The molecule has 0 spiro atoms. The molecule has 8 heteroatoms. The fourth-order valence-corrected chi connectivity index (χ4v) is 1.43. The van der Waals surface area contributed by atoms with Gasteiger partial charge in [-0.2, -0.15) is 25.5 Å². The van der Waals surface area contributed by atoms with E-state index in [0.29, 0.717) is 0 Å². The maximum atomic E-state index is 9.09. The molecule has 18 heavy (non-hydrogen) atoms. The number of quaternary nitrogens is 1. The maximum absolute atomic E-state index is 9.09. The third-order valence-corrected chi connectivity index (χ3v) is 2.35. The molecule has 1 rings (SSSR count). The van der Waals surface area contributed by atoms with Crippen LogP contribution < -0.4 is 29.6 Å². The van der Waals surface area contributed by atoms with Crippen molar-refractivity contribution in [2.75, 3.05) is 7.05 Å². The fraction of sp³-hybridized carbons (Fsp3) is 0.200. The fourth-order valence-electron chi connectivity index (χ4n) is 1.43. The zero-order chi connectivity index (χ0) is 13.1. The molecule has 2 atom stereocenters. The van der Waals surface area contributed by atoms with E-state index in [4.69, 9.17) is 26.3 Å². The summed E-state index contributed by atoms with van der Waals surface area (Å²) in [7, 11) is 1.29. The van der Waals surface area contributed by atoms with E-state index in [-0.39, 0.29) is 46.7 Å². The minimum Gasteiger partial charge on any atom is -0.217 e. The molecule has 0 aromatic rings. The first-order valence-electron chi connectivity index (χ1n) is 4.30. The molecule has 0 aromatic heterocycles. The standard InChI is InChI=1S/C10H4N7.Na/c1-17(6-15)9(4-13)7(2-11)16-8(3-12)10(17)5-14;/h9H,1H3;/q2*+1. The van der Waals surface area contributed by atoms with Crippen LogP contribution in [-0.2, 0) is 0 Å². The Morgan fingerprint density at radius 3 is 2.00 bits per heavy atom. The van der Waals surface area contributed by atoms with Crippen molar-refractivity contribution in [3.05, 3.63) is 11.4 Å². The molecule has 0 N–H and O–H groups in total. The van der Waals surface area contributed by atoms with Crippen LogP contribution in [0.15, 0.2) is 16.4 Å². The van der Waals surface area contributed by atoms with E-state index >= 15 is 0 Å². The van der Waals surface area contributed by atoms with Gasteiger partial charge in [0.25, 0.3) is 5.70 Å². The number of hydrogen-bond donors (Lipinski definition) is 0. The summed E-state index contributed by atoms with van der Waals surface area (Å²) in [6.45, 7) is 0. The minimum atomic E-state index is -1.20. The number of hydrogen-bond acceptors (Lipinski definition) is 6. The van der Waals surface area contributed by atoms with E-state index in [2.05, 4.69) is 4.99 Å². The number of allylic oxidation sites excluding steroid dienone is 2. The average molecular weight is 245 g/mol. The van der Waals surface area contributed by atoms with Crippen molar-refractivity contribution in [1.29, 1.82) is 26.3 Å². The number of nitrogens with zero attached hydrogens (tertiary/aromatic N) is 7. The number of rotatable bonds is 0. The van der Waals surface area contributed by atoms with Crippen LogP contribution >= 0.6 is 0 Å². The molecule has 0 aliphatic carbocycles. The Morgan fingerprint density at radius 1 is 1.06 bits per heavy atom. The first-order chi connectivity index (χ1) is 8.08.